The van der Waals surface area contributed by atoms with Crippen LogP contribution in [0.2, 0.25) is 0 Å². The topological polar surface area (TPSA) is 110 Å². The summed E-state index contributed by atoms with van der Waals surface area (Å²) in [5.41, 5.74) is 4.69. The summed E-state index contributed by atoms with van der Waals surface area (Å²) in [6, 6.07) is 5.01. The Hall–Kier alpha value is -2.90. The van der Waals surface area contributed by atoms with Gasteiger partial charge in [-0.2, -0.15) is 0 Å². The second kappa shape index (κ2) is 6.04. The molecule has 0 atom stereocenters. The normalized spacial score (nSPS) is 10.3. The predicted octanol–water partition coefficient (Wildman–Crippen LogP) is 0.287. The van der Waals surface area contributed by atoms with Crippen molar-refractivity contribution in [1.29, 1.82) is 0 Å². The van der Waals surface area contributed by atoms with E-state index in [0.717, 1.165) is 6.07 Å². The van der Waals surface area contributed by atoms with Gasteiger partial charge in [-0.25, -0.2) is 9.18 Å². The van der Waals surface area contributed by atoms with E-state index in [0.29, 0.717) is 5.69 Å². The van der Waals surface area contributed by atoms with E-state index in [1.165, 1.54) is 29.0 Å². The fraction of sp³-hybridized carbons (Fsp3) is 0.154. The molecule has 0 aliphatic carbocycles. The highest BCUT2D eigenvalue weighted by Gasteiger charge is 2.08. The van der Waals surface area contributed by atoms with Gasteiger partial charge in [-0.1, -0.05) is 0 Å². The second-order valence-corrected chi connectivity index (χ2v) is 4.34. The van der Waals surface area contributed by atoms with Crippen molar-refractivity contribution in [2.24, 2.45) is 0 Å². The number of halogens is 1. The van der Waals surface area contributed by atoms with Crippen molar-refractivity contribution in [1.82, 2.24) is 9.55 Å². The van der Waals surface area contributed by atoms with Crippen LogP contribution in [0.3, 0.4) is 0 Å². The van der Waals surface area contributed by atoms with Crippen molar-refractivity contribution >= 4 is 17.3 Å². The summed E-state index contributed by atoms with van der Waals surface area (Å²) in [5, 5.41) is 2.37. The number of nitrogens with two attached hydrogens (primary N) is 1. The number of anilines is 2. The number of aromatic amines is 1. The molecule has 2 rings (SSSR count). The number of amides is 1. The maximum atomic E-state index is 13.4. The van der Waals surface area contributed by atoms with E-state index in [9.17, 15) is 18.8 Å². The first-order valence-electron chi connectivity index (χ1n) is 6.10. The van der Waals surface area contributed by atoms with Gasteiger partial charge in [0, 0.05) is 30.9 Å². The van der Waals surface area contributed by atoms with Gasteiger partial charge >= 0.3 is 5.69 Å². The van der Waals surface area contributed by atoms with Crippen LogP contribution in [0.1, 0.15) is 6.42 Å². The molecule has 7 nitrogen and oxygen atoms in total. The van der Waals surface area contributed by atoms with E-state index in [1.807, 2.05) is 0 Å². The first kappa shape index (κ1) is 14.5. The number of nitrogens with zero attached hydrogens (tertiary/aromatic N) is 1. The van der Waals surface area contributed by atoms with Gasteiger partial charge in [0.15, 0.2) is 0 Å². The molecule has 0 spiro atoms. The Kier molecular flexibility index (Phi) is 4.17. The number of hydrogen-bond donors (Lipinski definition) is 3. The highest BCUT2D eigenvalue weighted by atomic mass is 19.1. The van der Waals surface area contributed by atoms with Crippen LogP contribution in [-0.2, 0) is 11.3 Å². The van der Waals surface area contributed by atoms with Gasteiger partial charge in [-0.3, -0.25) is 14.6 Å². The number of rotatable bonds is 4. The summed E-state index contributed by atoms with van der Waals surface area (Å²) >= 11 is 0. The zero-order chi connectivity index (χ0) is 15.4. The van der Waals surface area contributed by atoms with Gasteiger partial charge in [0.2, 0.25) is 5.91 Å². The van der Waals surface area contributed by atoms with Crippen molar-refractivity contribution in [2.75, 3.05) is 11.1 Å². The molecule has 0 aliphatic heterocycles. The monoisotopic (exact) mass is 292 g/mol. The Bertz CT molecular complexity index is 781. The lowest BCUT2D eigenvalue weighted by atomic mass is 10.2. The van der Waals surface area contributed by atoms with Crippen LogP contribution in [0.25, 0.3) is 0 Å². The largest absolute Gasteiger partial charge is 0.399 e. The van der Waals surface area contributed by atoms with E-state index in [2.05, 4.69) is 10.3 Å². The number of carbonyl (C=O) groups excluding carboxylic acids is 1. The summed E-state index contributed by atoms with van der Waals surface area (Å²) in [6.45, 7) is 0.0609. The van der Waals surface area contributed by atoms with Crippen LogP contribution < -0.4 is 22.3 Å². The molecule has 1 amide bonds. The Morgan fingerprint density at radius 1 is 1.33 bits per heavy atom. The molecule has 0 aliphatic rings. The van der Waals surface area contributed by atoms with E-state index >= 15 is 0 Å². The van der Waals surface area contributed by atoms with E-state index in [1.54, 1.807) is 0 Å². The second-order valence-electron chi connectivity index (χ2n) is 4.34. The minimum absolute atomic E-state index is 0.0196. The Morgan fingerprint density at radius 3 is 2.81 bits per heavy atom. The van der Waals surface area contributed by atoms with Crippen molar-refractivity contribution < 1.29 is 9.18 Å². The molecule has 0 bridgehead atoms. The SMILES string of the molecule is Nc1ccc(F)c(NC(=O)CCn2ccc(=O)[nH]c2=O)c1. The molecule has 2 aromatic rings. The van der Waals surface area contributed by atoms with Gasteiger partial charge in [-0.15, -0.1) is 0 Å². The first-order chi connectivity index (χ1) is 9.95. The molecule has 0 radical (unpaired) electrons. The molecule has 1 aromatic carbocycles. The third kappa shape index (κ3) is 3.78. The first-order valence-corrected chi connectivity index (χ1v) is 6.10. The highest BCUT2D eigenvalue weighted by molar-refractivity contribution is 5.91. The average molecular weight is 292 g/mol. The van der Waals surface area contributed by atoms with Crippen molar-refractivity contribution in [3.05, 3.63) is 57.1 Å². The molecule has 1 aromatic heterocycles. The molecule has 0 saturated heterocycles. The van der Waals surface area contributed by atoms with Crippen LogP contribution in [0, 0.1) is 5.82 Å². The summed E-state index contributed by atoms with van der Waals surface area (Å²) in [7, 11) is 0. The molecule has 0 saturated carbocycles. The minimum Gasteiger partial charge on any atom is -0.399 e. The number of carbonyl (C=O) groups is 1. The van der Waals surface area contributed by atoms with Gasteiger partial charge in [0.05, 0.1) is 5.69 Å². The summed E-state index contributed by atoms with van der Waals surface area (Å²) in [5.74, 6) is -1.07. The number of benzene rings is 1. The zero-order valence-corrected chi connectivity index (χ0v) is 10.9. The molecule has 1 heterocycles. The summed E-state index contributed by atoms with van der Waals surface area (Å²) < 4.78 is 14.6. The molecule has 21 heavy (non-hydrogen) atoms. The molecule has 4 N–H and O–H groups in total. The minimum atomic E-state index is -0.606. The van der Waals surface area contributed by atoms with Gasteiger partial charge in [0.25, 0.3) is 5.56 Å². The van der Waals surface area contributed by atoms with Crippen molar-refractivity contribution in [3.8, 4) is 0 Å². The molecule has 8 heteroatoms. The van der Waals surface area contributed by atoms with Gasteiger partial charge in [0.1, 0.15) is 5.82 Å². The van der Waals surface area contributed by atoms with E-state index < -0.39 is 23.0 Å². The maximum absolute atomic E-state index is 13.4. The van der Waals surface area contributed by atoms with Crippen LogP contribution >= 0.6 is 0 Å². The van der Waals surface area contributed by atoms with Crippen molar-refractivity contribution in [2.45, 2.75) is 13.0 Å². The zero-order valence-electron chi connectivity index (χ0n) is 10.9. The summed E-state index contributed by atoms with van der Waals surface area (Å²) in [4.78, 5) is 36.1. The number of nitrogens with one attached hydrogen (secondary N) is 2. The smallest absolute Gasteiger partial charge is 0.328 e. The lowest BCUT2D eigenvalue weighted by molar-refractivity contribution is -0.116. The quantitative estimate of drug-likeness (QED) is 0.703. The molecule has 0 fully saturated rings. The highest BCUT2D eigenvalue weighted by Crippen LogP contribution is 2.17. The Morgan fingerprint density at radius 2 is 2.10 bits per heavy atom. The van der Waals surface area contributed by atoms with Crippen LogP contribution in [-0.4, -0.2) is 15.5 Å². The molecular weight excluding hydrogens is 279 g/mol. The number of hydrogen-bond acceptors (Lipinski definition) is 4. The lowest BCUT2D eigenvalue weighted by Gasteiger charge is -2.08. The van der Waals surface area contributed by atoms with Crippen LogP contribution in [0.5, 0.6) is 0 Å². The molecule has 0 unspecified atom stereocenters. The standard InChI is InChI=1S/C13H13FN4O3/c14-9-2-1-8(15)7-10(9)16-11(19)3-5-18-6-4-12(20)17-13(18)21/h1-2,4,6-7H,3,5,15H2,(H,16,19)(H,17,20,21). The maximum Gasteiger partial charge on any atom is 0.328 e. The fourth-order valence-electron chi connectivity index (χ4n) is 1.69. The summed E-state index contributed by atoms with van der Waals surface area (Å²) in [6.07, 6.45) is 1.23. The van der Waals surface area contributed by atoms with Gasteiger partial charge < -0.3 is 15.6 Å². The number of aromatic nitrogens is 2. The predicted molar refractivity (Wildman–Crippen MR) is 75.4 cm³/mol. The number of nitrogen functional groups attached to an aromatic ring is 1. The fourth-order valence-corrected chi connectivity index (χ4v) is 1.69. The lowest BCUT2D eigenvalue weighted by Crippen LogP contribution is -2.29. The number of H-pyrrole nitrogens is 1. The Labute approximate surface area is 118 Å². The molecule has 110 valence electrons. The Balaban J connectivity index is 2.00. The number of aryl methyl sites for hydroxylation is 1. The van der Waals surface area contributed by atoms with Gasteiger partial charge in [-0.05, 0) is 18.2 Å². The van der Waals surface area contributed by atoms with Crippen molar-refractivity contribution in [3.63, 3.8) is 0 Å². The van der Waals surface area contributed by atoms with E-state index in [4.69, 9.17) is 5.73 Å². The van der Waals surface area contributed by atoms with Crippen LogP contribution in [0.4, 0.5) is 15.8 Å². The van der Waals surface area contributed by atoms with Crippen LogP contribution in [0.15, 0.2) is 40.1 Å². The third-order valence-electron chi connectivity index (χ3n) is 2.74. The van der Waals surface area contributed by atoms with E-state index in [-0.39, 0.29) is 18.7 Å². The average Bonchev–Trinajstić information content (AvgIpc) is 2.42. The molecular formula is C13H13FN4O3. The third-order valence-corrected chi connectivity index (χ3v) is 2.74.